The van der Waals surface area contributed by atoms with E-state index >= 15 is 0 Å². The van der Waals surface area contributed by atoms with E-state index in [2.05, 4.69) is 43.2 Å². The second kappa shape index (κ2) is 7.92. The van der Waals surface area contributed by atoms with Gasteiger partial charge in [0.1, 0.15) is 5.75 Å². The molecule has 0 unspecified atom stereocenters. The van der Waals surface area contributed by atoms with Gasteiger partial charge in [0.2, 0.25) is 0 Å². The van der Waals surface area contributed by atoms with Crippen molar-refractivity contribution < 1.29 is 9.53 Å². The quantitative estimate of drug-likeness (QED) is 0.640. The van der Waals surface area contributed by atoms with Gasteiger partial charge < -0.3 is 4.74 Å². The minimum atomic E-state index is -0.609. The highest BCUT2D eigenvalue weighted by molar-refractivity contribution is 7.14. The molecule has 1 aromatic heterocycles. The van der Waals surface area contributed by atoms with Gasteiger partial charge in [0.15, 0.2) is 11.2 Å². The summed E-state index contributed by atoms with van der Waals surface area (Å²) in [5, 5.41) is 5.40. The number of ether oxygens (including phenoxy) is 1. The summed E-state index contributed by atoms with van der Waals surface area (Å²) in [4.78, 5) is 17.0. The Kier molecular flexibility index (Phi) is 5.61. The van der Waals surface area contributed by atoms with Crippen LogP contribution in [0.25, 0.3) is 11.3 Å². The lowest BCUT2D eigenvalue weighted by Gasteiger charge is -2.14. The first-order valence-corrected chi connectivity index (χ1v) is 9.79. The summed E-state index contributed by atoms with van der Waals surface area (Å²) in [5.74, 6) is 0.470. The highest BCUT2D eigenvalue weighted by atomic mass is 32.1. The van der Waals surface area contributed by atoms with Crippen molar-refractivity contribution in [3.8, 4) is 17.0 Å². The number of aromatic nitrogens is 1. The van der Waals surface area contributed by atoms with Crippen molar-refractivity contribution in [1.82, 2.24) is 4.98 Å². The summed E-state index contributed by atoms with van der Waals surface area (Å²) in [7, 11) is 0. The molecule has 4 nitrogen and oxygen atoms in total. The van der Waals surface area contributed by atoms with Gasteiger partial charge in [-0.25, -0.2) is 4.98 Å². The van der Waals surface area contributed by atoms with Crippen molar-refractivity contribution in [1.29, 1.82) is 0 Å². The van der Waals surface area contributed by atoms with E-state index in [0.29, 0.717) is 10.9 Å². The molecule has 0 radical (unpaired) electrons. The maximum absolute atomic E-state index is 12.4. The highest BCUT2D eigenvalue weighted by Crippen LogP contribution is 2.29. The first-order valence-electron chi connectivity index (χ1n) is 8.91. The molecule has 0 aliphatic heterocycles. The molecule has 1 N–H and O–H groups in total. The summed E-state index contributed by atoms with van der Waals surface area (Å²) >= 11 is 1.42. The van der Waals surface area contributed by atoms with E-state index in [9.17, 15) is 4.79 Å². The average Bonchev–Trinajstić information content (AvgIpc) is 3.06. The van der Waals surface area contributed by atoms with Gasteiger partial charge in [-0.1, -0.05) is 18.2 Å². The summed E-state index contributed by atoms with van der Waals surface area (Å²) in [5.41, 5.74) is 6.74. The predicted molar refractivity (Wildman–Crippen MR) is 112 cm³/mol. The van der Waals surface area contributed by atoms with Gasteiger partial charge in [0.05, 0.1) is 5.69 Å². The lowest BCUT2D eigenvalue weighted by molar-refractivity contribution is -0.122. The Hall–Kier alpha value is -2.66. The average molecular weight is 381 g/mol. The van der Waals surface area contributed by atoms with Crippen LogP contribution in [0, 0.1) is 27.7 Å². The maximum Gasteiger partial charge on any atom is 0.266 e. The Morgan fingerprint density at radius 3 is 2.56 bits per heavy atom. The molecule has 0 aliphatic carbocycles. The number of hydrogen-bond donors (Lipinski definition) is 1. The van der Waals surface area contributed by atoms with Crippen LogP contribution in [-0.4, -0.2) is 17.0 Å². The number of thiazole rings is 1. The summed E-state index contributed by atoms with van der Waals surface area (Å²) in [6.07, 6.45) is -0.609. The molecule has 0 saturated carbocycles. The number of nitrogens with zero attached hydrogens (tertiary/aromatic N) is 1. The van der Waals surface area contributed by atoms with Crippen LogP contribution in [0.5, 0.6) is 5.75 Å². The van der Waals surface area contributed by atoms with Crippen molar-refractivity contribution >= 4 is 22.4 Å². The second-order valence-corrected chi connectivity index (χ2v) is 7.71. The molecule has 140 valence electrons. The van der Waals surface area contributed by atoms with E-state index in [4.69, 9.17) is 4.74 Å². The molecule has 27 heavy (non-hydrogen) atoms. The Labute approximate surface area is 164 Å². The number of carbonyl (C=O) groups is 1. The van der Waals surface area contributed by atoms with E-state index in [1.54, 1.807) is 6.92 Å². The van der Waals surface area contributed by atoms with Crippen LogP contribution in [0.3, 0.4) is 0 Å². The summed E-state index contributed by atoms with van der Waals surface area (Å²) in [6, 6.07) is 12.0. The van der Waals surface area contributed by atoms with E-state index in [1.165, 1.54) is 28.0 Å². The van der Waals surface area contributed by atoms with Crippen LogP contribution in [-0.2, 0) is 4.79 Å². The third-order valence-corrected chi connectivity index (χ3v) is 5.28. The minimum Gasteiger partial charge on any atom is -0.481 e. The third kappa shape index (κ3) is 4.55. The molecule has 3 rings (SSSR count). The molecule has 0 bridgehead atoms. The fraction of sp³-hybridized carbons (Fsp3) is 0.273. The zero-order valence-corrected chi connectivity index (χ0v) is 17.1. The number of aryl methyl sites for hydroxylation is 4. The van der Waals surface area contributed by atoms with Crippen LogP contribution in [0.15, 0.2) is 41.8 Å². The van der Waals surface area contributed by atoms with E-state index in [-0.39, 0.29) is 5.91 Å². The van der Waals surface area contributed by atoms with Gasteiger partial charge in [-0.3, -0.25) is 10.1 Å². The number of amides is 1. The smallest absolute Gasteiger partial charge is 0.266 e. The van der Waals surface area contributed by atoms with Gasteiger partial charge in [-0.05, 0) is 75.1 Å². The molecule has 0 saturated heterocycles. The molecular formula is C22H24N2O2S. The zero-order valence-electron chi connectivity index (χ0n) is 16.3. The van der Waals surface area contributed by atoms with Gasteiger partial charge in [-0.2, -0.15) is 0 Å². The first-order chi connectivity index (χ1) is 12.8. The molecule has 0 fully saturated rings. The lowest BCUT2D eigenvalue weighted by Crippen LogP contribution is -2.30. The molecule has 1 atom stereocenters. The normalized spacial score (nSPS) is 11.9. The Balaban J connectivity index is 1.70. The molecule has 0 aliphatic rings. The van der Waals surface area contributed by atoms with E-state index in [1.807, 2.05) is 36.6 Å². The van der Waals surface area contributed by atoms with Crippen LogP contribution in [0.4, 0.5) is 5.13 Å². The standard InChI is InChI=1S/C22H24N2O2S/c1-13-7-6-8-18(9-13)26-17(5)21(25)24-22-23-20(12-27-22)19-11-15(3)14(2)10-16(19)4/h6-12,17H,1-5H3,(H,23,24,25)/t17-/m0/s1. The minimum absolute atomic E-state index is 0.214. The number of anilines is 1. The topological polar surface area (TPSA) is 51.2 Å². The second-order valence-electron chi connectivity index (χ2n) is 6.86. The number of carbonyl (C=O) groups excluding carboxylic acids is 1. The van der Waals surface area contributed by atoms with Crippen molar-refractivity contribution in [2.24, 2.45) is 0 Å². The predicted octanol–water partition coefficient (Wildman–Crippen LogP) is 5.45. The van der Waals surface area contributed by atoms with Crippen molar-refractivity contribution in [3.63, 3.8) is 0 Å². The molecule has 3 aromatic rings. The number of rotatable bonds is 5. The van der Waals surface area contributed by atoms with E-state index in [0.717, 1.165) is 16.8 Å². The largest absolute Gasteiger partial charge is 0.481 e. The van der Waals surface area contributed by atoms with Crippen molar-refractivity contribution in [2.75, 3.05) is 5.32 Å². The van der Waals surface area contributed by atoms with Gasteiger partial charge in [0.25, 0.3) is 5.91 Å². The Morgan fingerprint density at radius 1 is 1.07 bits per heavy atom. The van der Waals surface area contributed by atoms with Crippen molar-refractivity contribution in [3.05, 3.63) is 64.0 Å². The summed E-state index contributed by atoms with van der Waals surface area (Å²) < 4.78 is 5.73. The van der Waals surface area contributed by atoms with Gasteiger partial charge in [0, 0.05) is 10.9 Å². The molecular weight excluding hydrogens is 356 g/mol. The molecule has 5 heteroatoms. The molecule has 1 heterocycles. The van der Waals surface area contributed by atoms with Crippen LogP contribution in [0.1, 0.15) is 29.2 Å². The third-order valence-electron chi connectivity index (χ3n) is 4.52. The van der Waals surface area contributed by atoms with Gasteiger partial charge in [-0.15, -0.1) is 11.3 Å². The Morgan fingerprint density at radius 2 is 1.81 bits per heavy atom. The highest BCUT2D eigenvalue weighted by Gasteiger charge is 2.17. The fourth-order valence-electron chi connectivity index (χ4n) is 2.84. The number of benzene rings is 2. The van der Waals surface area contributed by atoms with Crippen LogP contribution < -0.4 is 10.1 Å². The molecule has 0 spiro atoms. The first kappa shape index (κ1) is 19.1. The number of hydrogen-bond acceptors (Lipinski definition) is 4. The van der Waals surface area contributed by atoms with E-state index < -0.39 is 6.10 Å². The summed E-state index contributed by atoms with van der Waals surface area (Å²) in [6.45, 7) is 10.0. The fourth-order valence-corrected chi connectivity index (χ4v) is 3.56. The zero-order chi connectivity index (χ0) is 19.6. The van der Waals surface area contributed by atoms with Crippen LogP contribution >= 0.6 is 11.3 Å². The van der Waals surface area contributed by atoms with Gasteiger partial charge >= 0.3 is 0 Å². The number of nitrogens with one attached hydrogen (secondary N) is 1. The lowest BCUT2D eigenvalue weighted by atomic mass is 9.99. The monoisotopic (exact) mass is 380 g/mol. The maximum atomic E-state index is 12.4. The van der Waals surface area contributed by atoms with Crippen LogP contribution in [0.2, 0.25) is 0 Å². The molecule has 1 amide bonds. The van der Waals surface area contributed by atoms with Crippen molar-refractivity contribution in [2.45, 2.75) is 40.7 Å². The molecule has 2 aromatic carbocycles. The Bertz CT molecular complexity index is 978. The SMILES string of the molecule is Cc1cccc(O[C@@H](C)C(=O)Nc2nc(-c3cc(C)c(C)cc3C)cs2)c1.